The maximum absolute atomic E-state index is 15.7. The van der Waals surface area contributed by atoms with E-state index in [0.29, 0.717) is 46.0 Å². The van der Waals surface area contributed by atoms with E-state index in [4.69, 9.17) is 9.73 Å². The molecule has 1 aromatic heterocycles. The van der Waals surface area contributed by atoms with Crippen molar-refractivity contribution in [2.45, 2.75) is 78.6 Å². The molecule has 3 aromatic rings. The molecule has 0 spiro atoms. The van der Waals surface area contributed by atoms with Crippen molar-refractivity contribution in [3.63, 3.8) is 0 Å². The fraction of sp³-hybridized carbons (Fsp3) is 0.559. The minimum absolute atomic E-state index is 0.166. The zero-order valence-corrected chi connectivity index (χ0v) is 26.5. The van der Waals surface area contributed by atoms with Crippen molar-refractivity contribution in [3.05, 3.63) is 64.2 Å². The molecule has 1 aliphatic heterocycles. The second-order valence-electron chi connectivity index (χ2n) is 13.8. The minimum atomic E-state index is -0.542. The minimum Gasteiger partial charge on any atom is -0.497 e. The van der Waals surface area contributed by atoms with Crippen molar-refractivity contribution in [1.29, 1.82) is 0 Å². The number of aliphatic imine (C=N–C) groups is 1. The van der Waals surface area contributed by atoms with Crippen LogP contribution >= 0.6 is 0 Å². The predicted molar refractivity (Wildman–Crippen MR) is 170 cm³/mol. The lowest BCUT2D eigenvalue weighted by molar-refractivity contribution is -0.108. The van der Waals surface area contributed by atoms with Crippen molar-refractivity contribution in [3.8, 4) is 5.75 Å². The summed E-state index contributed by atoms with van der Waals surface area (Å²) < 4.78 is 36.6. The van der Waals surface area contributed by atoms with E-state index in [2.05, 4.69) is 55.1 Å². The molecule has 10 heteroatoms. The Labute approximate surface area is 257 Å². The van der Waals surface area contributed by atoms with E-state index in [1.807, 2.05) is 0 Å². The second kappa shape index (κ2) is 11.8. The van der Waals surface area contributed by atoms with Crippen molar-refractivity contribution in [1.82, 2.24) is 19.8 Å². The molecule has 3 saturated carbocycles. The van der Waals surface area contributed by atoms with E-state index in [0.717, 1.165) is 19.5 Å². The topological polar surface area (TPSA) is 83.8 Å². The maximum Gasteiger partial charge on any atom is 0.261 e. The number of aryl methyl sites for hydroxylation is 2. The normalized spacial score (nSPS) is 28.1. The first kappa shape index (κ1) is 30.5. The summed E-state index contributed by atoms with van der Waals surface area (Å²) in [6.07, 6.45) is 4.03. The Morgan fingerprint density at radius 3 is 2.52 bits per heavy atom. The maximum atomic E-state index is 15.7. The van der Waals surface area contributed by atoms with Crippen LogP contribution in [0.5, 0.6) is 5.75 Å². The van der Waals surface area contributed by atoms with Crippen molar-refractivity contribution >= 4 is 22.5 Å². The number of piperazine rings is 1. The van der Waals surface area contributed by atoms with Gasteiger partial charge in [-0.05, 0) is 80.0 Å². The summed E-state index contributed by atoms with van der Waals surface area (Å²) in [5, 5.41) is 7.08. The lowest BCUT2D eigenvalue weighted by Gasteiger charge is -2.61. The van der Waals surface area contributed by atoms with Crippen molar-refractivity contribution < 1.29 is 13.5 Å². The average Bonchev–Trinajstić information content (AvgIpc) is 2.97. The zero-order chi connectivity index (χ0) is 31.3. The van der Waals surface area contributed by atoms with E-state index in [9.17, 15) is 9.18 Å². The average molecular weight is 607 g/mol. The molecule has 4 aliphatic rings. The number of nitrogens with one attached hydrogen (secondary N) is 2. The Kier molecular flexibility index (Phi) is 8.15. The van der Waals surface area contributed by atoms with Gasteiger partial charge in [-0.2, -0.15) is 0 Å². The number of anilines is 1. The predicted octanol–water partition coefficient (Wildman–Crippen LogP) is 5.45. The number of halogens is 2. The fourth-order valence-electron chi connectivity index (χ4n) is 7.80. The van der Waals surface area contributed by atoms with Gasteiger partial charge >= 0.3 is 0 Å². The van der Waals surface area contributed by atoms with Crippen LogP contribution in [0.3, 0.4) is 0 Å². The van der Waals surface area contributed by atoms with Crippen LogP contribution in [-0.4, -0.2) is 58.7 Å². The highest BCUT2D eigenvalue weighted by Crippen LogP contribution is 2.61. The Morgan fingerprint density at radius 2 is 1.86 bits per heavy atom. The highest BCUT2D eigenvalue weighted by Gasteiger charge is 2.56. The van der Waals surface area contributed by atoms with E-state index < -0.39 is 11.6 Å². The Morgan fingerprint density at radius 1 is 1.11 bits per heavy atom. The first-order valence-corrected chi connectivity index (χ1v) is 15.8. The third-order valence-corrected chi connectivity index (χ3v) is 10.5. The Bertz CT molecular complexity index is 1630. The SMILES string of the molecule is COc1ccc(CCn2cnc3cc(NC(=N[C@H]4C[C@@H]5C[C@@H]([C@H]4C)C5(C)C)N4C[C@@H](C)N[C@@H](C)C4)c(F)cc3c2=O)c(F)c1. The van der Waals surface area contributed by atoms with Crippen LogP contribution in [0.15, 0.2) is 46.4 Å². The van der Waals surface area contributed by atoms with Gasteiger partial charge in [-0.1, -0.05) is 26.8 Å². The molecule has 8 nitrogen and oxygen atoms in total. The smallest absolute Gasteiger partial charge is 0.261 e. The quantitative estimate of drug-likeness (QED) is 0.287. The molecule has 0 amide bonds. The molecule has 2 aromatic carbocycles. The first-order chi connectivity index (χ1) is 20.9. The van der Waals surface area contributed by atoms with E-state index in [-0.39, 0.29) is 47.7 Å². The van der Waals surface area contributed by atoms with E-state index >= 15 is 4.39 Å². The summed E-state index contributed by atoms with van der Waals surface area (Å²) in [7, 11) is 1.48. The van der Waals surface area contributed by atoms with Gasteiger partial charge in [-0.15, -0.1) is 0 Å². The fourth-order valence-corrected chi connectivity index (χ4v) is 7.80. The van der Waals surface area contributed by atoms with Crippen LogP contribution in [0, 0.1) is 34.8 Å². The van der Waals surface area contributed by atoms with Gasteiger partial charge in [0, 0.05) is 37.8 Å². The van der Waals surface area contributed by atoms with Crippen LogP contribution in [0.1, 0.15) is 53.0 Å². The lowest BCUT2D eigenvalue weighted by atomic mass is 9.45. The molecule has 44 heavy (non-hydrogen) atoms. The number of guanidine groups is 1. The van der Waals surface area contributed by atoms with Gasteiger partial charge in [0.15, 0.2) is 5.96 Å². The summed E-state index contributed by atoms with van der Waals surface area (Å²) in [4.78, 5) is 25.3. The molecule has 6 atom stereocenters. The Hall–Kier alpha value is -3.53. The molecule has 2 N–H and O–H groups in total. The molecular formula is C34H44F2N6O2. The highest BCUT2D eigenvalue weighted by atomic mass is 19.1. The summed E-state index contributed by atoms with van der Waals surface area (Å²) in [6.45, 7) is 13.1. The highest BCUT2D eigenvalue weighted by molar-refractivity contribution is 5.96. The number of ether oxygens (including phenoxy) is 1. The van der Waals surface area contributed by atoms with E-state index in [1.165, 1.54) is 36.6 Å². The molecule has 2 bridgehead atoms. The van der Waals surface area contributed by atoms with Gasteiger partial charge in [0.1, 0.15) is 17.4 Å². The summed E-state index contributed by atoms with van der Waals surface area (Å²) >= 11 is 0. The monoisotopic (exact) mass is 606 g/mol. The number of hydrogen-bond acceptors (Lipinski definition) is 5. The van der Waals surface area contributed by atoms with Crippen LogP contribution < -0.4 is 20.9 Å². The molecule has 2 heterocycles. The first-order valence-electron chi connectivity index (χ1n) is 15.8. The Balaban J connectivity index is 1.27. The van der Waals surface area contributed by atoms with E-state index in [1.54, 1.807) is 18.2 Å². The number of methoxy groups -OCH3 is 1. The molecule has 1 saturated heterocycles. The zero-order valence-electron chi connectivity index (χ0n) is 26.5. The van der Waals surface area contributed by atoms with Gasteiger partial charge in [-0.3, -0.25) is 9.36 Å². The number of nitrogens with zero attached hydrogens (tertiary/aromatic N) is 4. The number of hydrogen-bond donors (Lipinski definition) is 2. The summed E-state index contributed by atoms with van der Waals surface area (Å²) in [5.74, 6) is 1.90. The third-order valence-electron chi connectivity index (χ3n) is 10.5. The van der Waals surface area contributed by atoms with Gasteiger partial charge in [0.05, 0.1) is 36.1 Å². The van der Waals surface area contributed by atoms with Gasteiger partial charge in [0.25, 0.3) is 5.56 Å². The molecular weight excluding hydrogens is 562 g/mol. The number of benzene rings is 2. The van der Waals surface area contributed by atoms with Gasteiger partial charge in [-0.25, -0.2) is 18.8 Å². The van der Waals surface area contributed by atoms with Crippen LogP contribution in [0.4, 0.5) is 14.5 Å². The second-order valence-corrected chi connectivity index (χ2v) is 13.8. The molecule has 4 fully saturated rings. The molecule has 0 radical (unpaired) electrons. The summed E-state index contributed by atoms with van der Waals surface area (Å²) in [5.41, 5.74) is 1.07. The largest absolute Gasteiger partial charge is 0.497 e. The number of fused-ring (bicyclic) bond motifs is 3. The standard InChI is InChI=1S/C34H44F2N6O2/c1-19-16-42(17-20(2)38-19)33(39-29-12-23-11-26(21(29)3)34(23,4)5)40-31-15-30-25(14-28(31)36)32(43)41(18-37-30)10-9-22-7-8-24(44-6)13-27(22)35/h7-8,13-15,18-21,23,26,29,38H,9-12,16-17H2,1-6H3,(H,39,40)/t19-,20+,21-,23+,26+,29+/m1/s1. The molecule has 236 valence electrons. The van der Waals surface area contributed by atoms with Crippen LogP contribution in [-0.2, 0) is 13.0 Å². The third kappa shape index (κ3) is 5.69. The van der Waals surface area contributed by atoms with Crippen molar-refractivity contribution in [2.24, 2.45) is 28.2 Å². The molecule has 7 rings (SSSR count). The van der Waals surface area contributed by atoms with Crippen LogP contribution in [0.25, 0.3) is 10.9 Å². The summed E-state index contributed by atoms with van der Waals surface area (Å²) in [6, 6.07) is 8.17. The van der Waals surface area contributed by atoms with Gasteiger partial charge < -0.3 is 20.3 Å². The molecule has 0 unspecified atom stereocenters. The van der Waals surface area contributed by atoms with Crippen LogP contribution in [0.2, 0.25) is 0 Å². The van der Waals surface area contributed by atoms with Gasteiger partial charge in [0.2, 0.25) is 0 Å². The number of rotatable bonds is 6. The molecule has 3 aliphatic carbocycles. The lowest BCUT2D eigenvalue weighted by Crippen LogP contribution is -2.59. The number of aromatic nitrogens is 2. The van der Waals surface area contributed by atoms with Crippen molar-refractivity contribution in [2.75, 3.05) is 25.5 Å².